The molecule has 1 heteroatoms. The predicted octanol–water partition coefficient (Wildman–Crippen LogP) is 9.93. The summed E-state index contributed by atoms with van der Waals surface area (Å²) in [4.78, 5) is 2.39. The summed E-state index contributed by atoms with van der Waals surface area (Å²) in [7, 11) is 0. The second-order valence-electron chi connectivity index (χ2n) is 10.2. The van der Waals surface area contributed by atoms with Crippen molar-refractivity contribution in [2.24, 2.45) is 0 Å². The molecule has 186 valence electrons. The maximum atomic E-state index is 2.41. The van der Waals surface area contributed by atoms with E-state index in [0.717, 1.165) is 0 Å². The molecule has 0 heterocycles. The first kappa shape index (κ1) is 24.0. The van der Waals surface area contributed by atoms with Crippen LogP contribution in [0.15, 0.2) is 127 Å². The second-order valence-corrected chi connectivity index (χ2v) is 10.2. The largest absolute Gasteiger partial charge is 0.310 e. The summed E-state index contributed by atoms with van der Waals surface area (Å²) in [6.45, 7) is 2.14. The van der Waals surface area contributed by atoms with Gasteiger partial charge in [0.25, 0.3) is 0 Å². The monoisotopic (exact) mass is 491 g/mol. The van der Waals surface area contributed by atoms with Crippen LogP contribution in [0.2, 0.25) is 0 Å². The van der Waals surface area contributed by atoms with Crippen molar-refractivity contribution < 1.29 is 0 Å². The predicted molar refractivity (Wildman–Crippen MR) is 162 cm³/mol. The molecule has 0 aromatic heterocycles. The zero-order chi connectivity index (χ0) is 25.7. The summed E-state index contributed by atoms with van der Waals surface area (Å²) in [5, 5.41) is 0. The van der Waals surface area contributed by atoms with Gasteiger partial charge in [-0.2, -0.15) is 0 Å². The quantitative estimate of drug-likeness (QED) is 0.214. The highest BCUT2D eigenvalue weighted by atomic mass is 15.1. The number of rotatable bonds is 6. The molecule has 0 amide bonds. The summed E-state index contributed by atoms with van der Waals surface area (Å²) in [6.07, 6.45) is 7.26. The third-order valence-electron chi connectivity index (χ3n) is 7.51. The summed E-state index contributed by atoms with van der Waals surface area (Å²) in [6, 6.07) is 46.2. The van der Waals surface area contributed by atoms with Crippen LogP contribution in [0.5, 0.6) is 0 Å². The fraction of sp³-hybridized carbons (Fsp3) is 0.135. The van der Waals surface area contributed by atoms with E-state index in [1.54, 1.807) is 0 Å². The first-order chi connectivity index (χ1) is 18.7. The molecule has 0 fully saturated rings. The zero-order valence-corrected chi connectivity index (χ0v) is 22.0. The first-order valence-corrected chi connectivity index (χ1v) is 13.7. The van der Waals surface area contributed by atoms with Crippen LogP contribution in [-0.4, -0.2) is 0 Å². The van der Waals surface area contributed by atoms with Crippen LogP contribution in [0.3, 0.4) is 0 Å². The second kappa shape index (κ2) is 10.9. The minimum atomic E-state index is 1.17. The lowest BCUT2D eigenvalue weighted by Gasteiger charge is -2.27. The lowest BCUT2D eigenvalue weighted by atomic mass is 9.91. The maximum absolute atomic E-state index is 2.41. The van der Waals surface area contributed by atoms with Gasteiger partial charge in [0.15, 0.2) is 0 Å². The van der Waals surface area contributed by atoms with E-state index < -0.39 is 0 Å². The standard InChI is InChI=1S/C37H33N/c1-28-16-21-34(22-17-28)38(36-25-20-30-10-8-9-15-33(30)27-36)35-23-18-29(19-24-35)26-37(31-11-4-2-5-12-31)32-13-6-3-7-14-32/h2-7,11-14,16-27H,8-10,15H2,1H3. The van der Waals surface area contributed by atoms with E-state index in [-0.39, 0.29) is 0 Å². The van der Waals surface area contributed by atoms with E-state index in [1.165, 1.54) is 81.7 Å². The van der Waals surface area contributed by atoms with Crippen molar-refractivity contribution in [1.29, 1.82) is 0 Å². The highest BCUT2D eigenvalue weighted by Crippen LogP contribution is 2.37. The zero-order valence-electron chi connectivity index (χ0n) is 22.0. The molecule has 0 unspecified atom stereocenters. The Kier molecular flexibility index (Phi) is 6.91. The third kappa shape index (κ3) is 5.19. The van der Waals surface area contributed by atoms with Crippen molar-refractivity contribution in [1.82, 2.24) is 0 Å². The number of hydrogen-bond donors (Lipinski definition) is 0. The highest BCUT2D eigenvalue weighted by Gasteiger charge is 2.16. The molecule has 1 aliphatic carbocycles. The third-order valence-corrected chi connectivity index (χ3v) is 7.51. The Bertz CT molecular complexity index is 1490. The average Bonchev–Trinajstić information content (AvgIpc) is 2.98. The highest BCUT2D eigenvalue weighted by molar-refractivity contribution is 5.91. The van der Waals surface area contributed by atoms with Gasteiger partial charge < -0.3 is 4.90 Å². The Morgan fingerprint density at radius 3 is 1.68 bits per heavy atom. The number of hydrogen-bond acceptors (Lipinski definition) is 1. The van der Waals surface area contributed by atoms with E-state index in [9.17, 15) is 0 Å². The molecule has 6 rings (SSSR count). The van der Waals surface area contributed by atoms with E-state index in [1.807, 2.05) is 0 Å². The van der Waals surface area contributed by atoms with Crippen molar-refractivity contribution >= 4 is 28.7 Å². The summed E-state index contributed by atoms with van der Waals surface area (Å²) < 4.78 is 0. The Balaban J connectivity index is 1.40. The minimum absolute atomic E-state index is 1.17. The number of aryl methyl sites for hydroxylation is 3. The van der Waals surface area contributed by atoms with E-state index in [0.29, 0.717) is 0 Å². The number of anilines is 3. The molecule has 1 aliphatic rings. The van der Waals surface area contributed by atoms with Gasteiger partial charge >= 0.3 is 0 Å². The maximum Gasteiger partial charge on any atom is 0.0464 e. The van der Waals surface area contributed by atoms with Crippen molar-refractivity contribution in [3.05, 3.63) is 161 Å². The smallest absolute Gasteiger partial charge is 0.0464 e. The fourth-order valence-corrected chi connectivity index (χ4v) is 5.46. The van der Waals surface area contributed by atoms with Gasteiger partial charge in [-0.1, -0.05) is 96.6 Å². The summed E-state index contributed by atoms with van der Waals surface area (Å²) in [5.74, 6) is 0. The lowest BCUT2D eigenvalue weighted by molar-refractivity contribution is 0.685. The van der Waals surface area contributed by atoms with Crippen LogP contribution in [0.4, 0.5) is 17.1 Å². The van der Waals surface area contributed by atoms with Crippen molar-refractivity contribution in [3.8, 4) is 0 Å². The van der Waals surface area contributed by atoms with Crippen LogP contribution < -0.4 is 4.90 Å². The molecule has 1 nitrogen and oxygen atoms in total. The Morgan fingerprint density at radius 2 is 1.08 bits per heavy atom. The molecule has 5 aromatic carbocycles. The number of fused-ring (bicyclic) bond motifs is 1. The van der Waals surface area contributed by atoms with E-state index >= 15 is 0 Å². The van der Waals surface area contributed by atoms with Crippen molar-refractivity contribution in [2.45, 2.75) is 32.6 Å². The van der Waals surface area contributed by atoms with Crippen LogP contribution in [0.1, 0.15) is 46.2 Å². The molecule has 0 spiro atoms. The van der Waals surface area contributed by atoms with Crippen LogP contribution in [-0.2, 0) is 12.8 Å². The lowest BCUT2D eigenvalue weighted by Crippen LogP contribution is -2.12. The summed E-state index contributed by atoms with van der Waals surface area (Å²) >= 11 is 0. The van der Waals surface area contributed by atoms with Crippen LogP contribution in [0, 0.1) is 6.92 Å². The number of benzene rings is 5. The molecule has 5 aromatic rings. The molecular formula is C37H33N. The van der Waals surface area contributed by atoms with Gasteiger partial charge in [0, 0.05) is 17.1 Å². The molecule has 0 bridgehead atoms. The normalized spacial score (nSPS) is 12.4. The average molecular weight is 492 g/mol. The van der Waals surface area contributed by atoms with Crippen LogP contribution >= 0.6 is 0 Å². The molecule has 38 heavy (non-hydrogen) atoms. The first-order valence-electron chi connectivity index (χ1n) is 13.7. The van der Waals surface area contributed by atoms with Gasteiger partial charge in [-0.25, -0.2) is 0 Å². The van der Waals surface area contributed by atoms with E-state index in [2.05, 4.69) is 145 Å². The van der Waals surface area contributed by atoms with Gasteiger partial charge in [-0.05, 0) is 108 Å². The molecular weight excluding hydrogens is 458 g/mol. The van der Waals surface area contributed by atoms with Gasteiger partial charge in [0.2, 0.25) is 0 Å². The van der Waals surface area contributed by atoms with Crippen LogP contribution in [0.25, 0.3) is 11.6 Å². The van der Waals surface area contributed by atoms with Gasteiger partial charge in [-0.15, -0.1) is 0 Å². The summed E-state index contributed by atoms with van der Waals surface area (Å²) in [5.41, 5.74) is 12.7. The molecule has 0 aliphatic heterocycles. The van der Waals surface area contributed by atoms with Gasteiger partial charge in [0.05, 0.1) is 0 Å². The molecule has 0 N–H and O–H groups in total. The fourth-order valence-electron chi connectivity index (χ4n) is 5.46. The Morgan fingerprint density at radius 1 is 0.553 bits per heavy atom. The topological polar surface area (TPSA) is 3.24 Å². The SMILES string of the molecule is Cc1ccc(N(c2ccc(C=C(c3ccccc3)c3ccccc3)cc2)c2ccc3c(c2)CCCC3)cc1. The van der Waals surface area contributed by atoms with Gasteiger partial charge in [0.1, 0.15) is 0 Å². The van der Waals surface area contributed by atoms with Crippen molar-refractivity contribution in [2.75, 3.05) is 4.90 Å². The van der Waals surface area contributed by atoms with Gasteiger partial charge in [-0.3, -0.25) is 0 Å². The molecule has 0 atom stereocenters. The van der Waals surface area contributed by atoms with Crippen molar-refractivity contribution in [3.63, 3.8) is 0 Å². The minimum Gasteiger partial charge on any atom is -0.310 e. The molecule has 0 saturated heterocycles. The molecule has 0 radical (unpaired) electrons. The number of nitrogens with zero attached hydrogens (tertiary/aromatic N) is 1. The Hall–Kier alpha value is -4.36. The molecule has 0 saturated carbocycles. The Labute approximate surface area is 226 Å². The van der Waals surface area contributed by atoms with E-state index in [4.69, 9.17) is 0 Å².